The van der Waals surface area contributed by atoms with Crippen LogP contribution in [0, 0.1) is 12.7 Å². The molecule has 0 unspecified atom stereocenters. The maximum absolute atomic E-state index is 14.3. The van der Waals surface area contributed by atoms with E-state index in [4.69, 9.17) is 9.47 Å². The zero-order valence-electron chi connectivity index (χ0n) is 14.8. The Labute approximate surface area is 154 Å². The fourth-order valence-corrected chi connectivity index (χ4v) is 4.00. The van der Waals surface area contributed by atoms with Gasteiger partial charge in [0.2, 0.25) is 0 Å². The first-order valence-corrected chi connectivity index (χ1v) is 9.04. The number of methoxy groups -OCH3 is 1. The molecule has 0 saturated heterocycles. The Morgan fingerprint density at radius 2 is 2.12 bits per heavy atom. The van der Waals surface area contributed by atoms with Crippen LogP contribution in [0.5, 0.6) is 10.8 Å². The predicted molar refractivity (Wildman–Crippen MR) is 99.1 cm³/mol. The zero-order chi connectivity index (χ0) is 18.8. The van der Waals surface area contributed by atoms with Crippen molar-refractivity contribution in [2.24, 2.45) is 0 Å². The number of carbonyl (C=O) groups is 1. The van der Waals surface area contributed by atoms with Gasteiger partial charge in [0.25, 0.3) is 0 Å². The van der Waals surface area contributed by atoms with Gasteiger partial charge in [0.05, 0.1) is 32.2 Å². The number of rotatable bonds is 7. The highest BCUT2D eigenvalue weighted by atomic mass is 32.1. The first kappa shape index (κ1) is 18.3. The SMILES string of the molecule is CCOc1ccc(Cn2c(C)c(CC(=O)O)c3cc(OC)c(F)cc32)s1. The van der Waals surface area contributed by atoms with Crippen molar-refractivity contribution >= 4 is 28.2 Å². The molecule has 3 rings (SSSR count). The van der Waals surface area contributed by atoms with E-state index in [9.17, 15) is 14.3 Å². The van der Waals surface area contributed by atoms with E-state index in [2.05, 4.69) is 0 Å². The van der Waals surface area contributed by atoms with E-state index in [1.807, 2.05) is 30.5 Å². The van der Waals surface area contributed by atoms with Crippen molar-refractivity contribution in [2.75, 3.05) is 13.7 Å². The van der Waals surface area contributed by atoms with Gasteiger partial charge in [-0.1, -0.05) is 0 Å². The lowest BCUT2D eigenvalue weighted by Gasteiger charge is -2.08. The molecule has 0 bridgehead atoms. The van der Waals surface area contributed by atoms with Crippen LogP contribution in [0.15, 0.2) is 24.3 Å². The number of aliphatic carboxylic acids is 1. The molecule has 2 heterocycles. The van der Waals surface area contributed by atoms with E-state index in [1.54, 1.807) is 6.07 Å². The first-order valence-electron chi connectivity index (χ1n) is 8.23. The molecule has 138 valence electrons. The van der Waals surface area contributed by atoms with Gasteiger partial charge >= 0.3 is 5.97 Å². The normalized spacial score (nSPS) is 11.1. The number of halogens is 1. The van der Waals surface area contributed by atoms with Gasteiger partial charge in [0, 0.05) is 22.0 Å². The molecular weight excluding hydrogens is 357 g/mol. The minimum absolute atomic E-state index is 0.107. The van der Waals surface area contributed by atoms with Crippen LogP contribution in [0.25, 0.3) is 10.9 Å². The standard InChI is InChI=1S/C19H20FNO4S/c1-4-25-19-6-5-12(26-19)10-21-11(2)13(8-18(22)23)14-7-17(24-3)15(20)9-16(14)21/h5-7,9H,4,8,10H2,1-3H3,(H,22,23). The third kappa shape index (κ3) is 3.39. The third-order valence-corrected chi connectivity index (χ3v) is 5.28. The van der Waals surface area contributed by atoms with Gasteiger partial charge < -0.3 is 19.1 Å². The molecule has 0 spiro atoms. The minimum Gasteiger partial charge on any atom is -0.494 e. The van der Waals surface area contributed by atoms with E-state index in [0.717, 1.165) is 15.6 Å². The highest BCUT2D eigenvalue weighted by Gasteiger charge is 2.19. The Kier molecular flexibility index (Phi) is 5.18. The van der Waals surface area contributed by atoms with Crippen molar-refractivity contribution in [3.05, 3.63) is 46.2 Å². The molecule has 0 aliphatic heterocycles. The van der Waals surface area contributed by atoms with Gasteiger partial charge in [0.1, 0.15) is 0 Å². The number of carboxylic acids is 1. The summed E-state index contributed by atoms with van der Waals surface area (Å²) in [5.41, 5.74) is 2.14. The molecule has 1 aromatic carbocycles. The summed E-state index contributed by atoms with van der Waals surface area (Å²) in [6.07, 6.45) is -0.126. The second kappa shape index (κ2) is 7.37. The minimum atomic E-state index is -0.926. The van der Waals surface area contributed by atoms with Crippen LogP contribution in [0.1, 0.15) is 23.1 Å². The van der Waals surface area contributed by atoms with E-state index in [-0.39, 0.29) is 12.2 Å². The summed E-state index contributed by atoms with van der Waals surface area (Å²) in [6.45, 7) is 4.90. The molecule has 7 heteroatoms. The lowest BCUT2D eigenvalue weighted by Crippen LogP contribution is -2.04. The van der Waals surface area contributed by atoms with Gasteiger partial charge in [-0.05, 0) is 37.6 Å². The van der Waals surface area contributed by atoms with Crippen LogP contribution >= 0.6 is 11.3 Å². The largest absolute Gasteiger partial charge is 0.494 e. The van der Waals surface area contributed by atoms with Gasteiger partial charge in [-0.2, -0.15) is 0 Å². The van der Waals surface area contributed by atoms with Crippen LogP contribution in [-0.4, -0.2) is 29.4 Å². The van der Waals surface area contributed by atoms with Crippen molar-refractivity contribution in [3.8, 4) is 10.8 Å². The molecule has 2 aromatic heterocycles. The molecule has 0 atom stereocenters. The van der Waals surface area contributed by atoms with Crippen molar-refractivity contribution in [3.63, 3.8) is 0 Å². The number of ether oxygens (including phenoxy) is 2. The number of hydrogen-bond acceptors (Lipinski definition) is 4. The summed E-state index contributed by atoms with van der Waals surface area (Å²) >= 11 is 1.53. The van der Waals surface area contributed by atoms with E-state index < -0.39 is 11.8 Å². The fraction of sp³-hybridized carbons (Fsp3) is 0.316. The summed E-state index contributed by atoms with van der Waals surface area (Å²) in [7, 11) is 1.39. The van der Waals surface area contributed by atoms with Gasteiger partial charge in [-0.3, -0.25) is 4.79 Å². The molecule has 0 aliphatic carbocycles. The maximum atomic E-state index is 14.3. The molecule has 26 heavy (non-hydrogen) atoms. The molecule has 0 fully saturated rings. The molecule has 0 radical (unpaired) electrons. The lowest BCUT2D eigenvalue weighted by atomic mass is 10.1. The number of nitrogens with zero attached hydrogens (tertiary/aromatic N) is 1. The number of thiophene rings is 1. The van der Waals surface area contributed by atoms with Crippen molar-refractivity contribution in [1.82, 2.24) is 4.57 Å². The number of fused-ring (bicyclic) bond motifs is 1. The molecule has 0 aliphatic rings. The second-order valence-corrected chi connectivity index (χ2v) is 7.01. The fourth-order valence-electron chi connectivity index (χ4n) is 3.10. The average molecular weight is 377 g/mol. The molecule has 3 aromatic rings. The van der Waals surface area contributed by atoms with Crippen LogP contribution in [0.2, 0.25) is 0 Å². The Hall–Kier alpha value is -2.54. The first-order chi connectivity index (χ1) is 12.4. The van der Waals surface area contributed by atoms with E-state index >= 15 is 0 Å². The number of hydrogen-bond donors (Lipinski definition) is 1. The molecule has 1 N–H and O–H groups in total. The van der Waals surface area contributed by atoms with Gasteiger partial charge in [-0.15, -0.1) is 11.3 Å². The van der Waals surface area contributed by atoms with Crippen LogP contribution in [0.4, 0.5) is 4.39 Å². The Bertz CT molecular complexity index is 960. The van der Waals surface area contributed by atoms with Gasteiger partial charge in [0.15, 0.2) is 16.6 Å². The quantitative estimate of drug-likeness (QED) is 0.669. The topological polar surface area (TPSA) is 60.7 Å². The average Bonchev–Trinajstić information content (AvgIpc) is 3.13. The third-order valence-electron chi connectivity index (χ3n) is 4.29. The summed E-state index contributed by atoms with van der Waals surface area (Å²) in [5.74, 6) is -1.29. The highest BCUT2D eigenvalue weighted by Crippen LogP contribution is 2.34. The molecular formula is C19H20FNO4S. The smallest absolute Gasteiger partial charge is 0.307 e. The zero-order valence-corrected chi connectivity index (χ0v) is 15.7. The molecule has 0 saturated carbocycles. The number of carboxylic acid groups (broad SMARTS) is 1. The monoisotopic (exact) mass is 377 g/mol. The number of aromatic nitrogens is 1. The number of benzene rings is 1. The van der Waals surface area contributed by atoms with Crippen molar-refractivity contribution < 1.29 is 23.8 Å². The van der Waals surface area contributed by atoms with Crippen molar-refractivity contribution in [2.45, 2.75) is 26.8 Å². The predicted octanol–water partition coefficient (Wildman–Crippen LogP) is 4.23. The summed E-state index contributed by atoms with van der Waals surface area (Å²) in [6, 6.07) is 6.86. The summed E-state index contributed by atoms with van der Waals surface area (Å²) in [4.78, 5) is 12.3. The Morgan fingerprint density at radius 3 is 2.77 bits per heavy atom. The highest BCUT2D eigenvalue weighted by molar-refractivity contribution is 7.13. The summed E-state index contributed by atoms with van der Waals surface area (Å²) < 4.78 is 26.8. The van der Waals surface area contributed by atoms with Crippen LogP contribution in [0.3, 0.4) is 0 Å². The van der Waals surface area contributed by atoms with Gasteiger partial charge in [-0.25, -0.2) is 4.39 Å². The van der Waals surface area contributed by atoms with Crippen LogP contribution < -0.4 is 9.47 Å². The lowest BCUT2D eigenvalue weighted by molar-refractivity contribution is -0.136. The summed E-state index contributed by atoms with van der Waals surface area (Å²) in [5, 5.41) is 10.8. The second-order valence-electron chi connectivity index (χ2n) is 5.88. The molecule has 0 amide bonds. The Balaban J connectivity index is 2.12. The molecule has 5 nitrogen and oxygen atoms in total. The maximum Gasteiger partial charge on any atom is 0.307 e. The van der Waals surface area contributed by atoms with Crippen LogP contribution in [-0.2, 0) is 17.8 Å². The van der Waals surface area contributed by atoms with E-state index in [1.165, 1.54) is 24.5 Å². The van der Waals surface area contributed by atoms with E-state index in [0.29, 0.717) is 29.6 Å². The van der Waals surface area contributed by atoms with Crippen molar-refractivity contribution in [1.29, 1.82) is 0 Å². The Morgan fingerprint density at radius 1 is 1.35 bits per heavy atom.